The highest BCUT2D eigenvalue weighted by Gasteiger charge is 2.16. The average Bonchev–Trinajstić information content (AvgIpc) is 2.91. The number of nitrogens with zero attached hydrogens (tertiary/aromatic N) is 1. The van der Waals surface area contributed by atoms with Gasteiger partial charge in [0.1, 0.15) is 0 Å². The first-order valence-electron chi connectivity index (χ1n) is 7.23. The van der Waals surface area contributed by atoms with Crippen molar-refractivity contribution in [3.63, 3.8) is 0 Å². The Hall–Kier alpha value is -0.820. The van der Waals surface area contributed by atoms with Gasteiger partial charge in [-0.3, -0.25) is 4.79 Å². The van der Waals surface area contributed by atoms with Gasteiger partial charge in [-0.25, -0.2) is 4.98 Å². The lowest BCUT2D eigenvalue weighted by molar-refractivity contribution is -0.121. The van der Waals surface area contributed by atoms with Crippen molar-refractivity contribution in [3.8, 4) is 0 Å². The van der Waals surface area contributed by atoms with Crippen LogP contribution in [0.1, 0.15) is 11.4 Å². The molecule has 0 radical (unpaired) electrons. The molecule has 2 aromatic rings. The Morgan fingerprint density at radius 3 is 3.05 bits per heavy atom. The zero-order valence-corrected chi connectivity index (χ0v) is 14.7. The summed E-state index contributed by atoms with van der Waals surface area (Å²) in [5, 5.41) is 7.47. The second kappa shape index (κ2) is 8.72. The van der Waals surface area contributed by atoms with E-state index in [9.17, 15) is 4.79 Å². The lowest BCUT2D eigenvalue weighted by atomic mass is 10.2. The Bertz CT molecular complexity index is 581. The van der Waals surface area contributed by atoms with Crippen LogP contribution in [-0.2, 0) is 11.2 Å². The molecule has 4 nitrogen and oxygen atoms in total. The molecule has 1 saturated heterocycles. The van der Waals surface area contributed by atoms with Gasteiger partial charge < -0.3 is 10.6 Å². The molecule has 2 N–H and O–H groups in total. The van der Waals surface area contributed by atoms with Gasteiger partial charge in [-0.15, -0.1) is 23.7 Å². The number of para-hydroxylation sites is 1. The third-order valence-corrected chi connectivity index (χ3v) is 5.66. The minimum Gasteiger partial charge on any atom is -0.356 e. The van der Waals surface area contributed by atoms with E-state index in [4.69, 9.17) is 0 Å². The smallest absolute Gasteiger partial charge is 0.221 e. The third-order valence-electron chi connectivity index (χ3n) is 3.43. The van der Waals surface area contributed by atoms with E-state index < -0.39 is 0 Å². The van der Waals surface area contributed by atoms with Gasteiger partial charge in [0, 0.05) is 43.5 Å². The second-order valence-electron chi connectivity index (χ2n) is 5.11. The van der Waals surface area contributed by atoms with Gasteiger partial charge in [0.2, 0.25) is 5.91 Å². The normalized spacial score (nSPS) is 17.9. The summed E-state index contributed by atoms with van der Waals surface area (Å²) < 4.78 is 1.21. The molecule has 2 heterocycles. The number of aromatic nitrogens is 1. The zero-order chi connectivity index (χ0) is 14.5. The van der Waals surface area contributed by atoms with Crippen LogP contribution in [0.25, 0.3) is 10.2 Å². The average molecular weight is 358 g/mol. The predicted octanol–water partition coefficient (Wildman–Crippen LogP) is 2.47. The van der Waals surface area contributed by atoms with Crippen molar-refractivity contribution in [2.45, 2.75) is 18.9 Å². The van der Waals surface area contributed by atoms with Crippen LogP contribution in [0.15, 0.2) is 24.3 Å². The van der Waals surface area contributed by atoms with E-state index in [1.54, 1.807) is 11.3 Å². The van der Waals surface area contributed by atoms with E-state index in [1.165, 1.54) is 4.70 Å². The zero-order valence-electron chi connectivity index (χ0n) is 12.2. The van der Waals surface area contributed by atoms with E-state index in [1.807, 2.05) is 30.0 Å². The van der Waals surface area contributed by atoms with Crippen molar-refractivity contribution < 1.29 is 4.79 Å². The van der Waals surface area contributed by atoms with Crippen LogP contribution in [0.2, 0.25) is 0 Å². The molecule has 1 aliphatic rings. The van der Waals surface area contributed by atoms with Gasteiger partial charge in [-0.2, -0.15) is 11.8 Å². The van der Waals surface area contributed by atoms with Crippen LogP contribution in [0.3, 0.4) is 0 Å². The molecular formula is C15H20ClN3OS2. The standard InChI is InChI=1S/C15H19N3OS2.ClH/c19-14(9-11-10-20-8-7-16-11)17-6-5-15-18-12-3-1-2-4-13(12)21-15;/h1-4,11,16H,5-10H2,(H,17,19);1H. The molecule has 22 heavy (non-hydrogen) atoms. The Labute approximate surface area is 144 Å². The van der Waals surface area contributed by atoms with Crippen molar-refractivity contribution in [1.82, 2.24) is 15.6 Å². The Balaban J connectivity index is 0.00000176. The van der Waals surface area contributed by atoms with E-state index in [-0.39, 0.29) is 18.3 Å². The molecule has 0 aliphatic carbocycles. The molecule has 0 spiro atoms. The summed E-state index contributed by atoms with van der Waals surface area (Å²) in [7, 11) is 0. The molecule has 1 atom stereocenters. The SMILES string of the molecule is Cl.O=C(CC1CSCCN1)NCCc1nc2ccccc2s1. The fourth-order valence-electron chi connectivity index (χ4n) is 2.38. The molecule has 120 valence electrons. The van der Waals surface area contributed by atoms with Crippen LogP contribution in [0.5, 0.6) is 0 Å². The molecule has 0 bridgehead atoms. The summed E-state index contributed by atoms with van der Waals surface area (Å²) in [6, 6.07) is 8.47. The summed E-state index contributed by atoms with van der Waals surface area (Å²) in [4.78, 5) is 16.5. The molecule has 1 fully saturated rings. The summed E-state index contributed by atoms with van der Waals surface area (Å²) >= 11 is 3.62. The number of carbonyl (C=O) groups is 1. The highest BCUT2D eigenvalue weighted by atomic mass is 35.5. The summed E-state index contributed by atoms with van der Waals surface area (Å²) in [5.74, 6) is 2.32. The number of hydrogen-bond donors (Lipinski definition) is 2. The fourth-order valence-corrected chi connectivity index (χ4v) is 4.30. The highest BCUT2D eigenvalue weighted by molar-refractivity contribution is 7.99. The fraction of sp³-hybridized carbons (Fsp3) is 0.467. The van der Waals surface area contributed by atoms with E-state index in [0.717, 1.165) is 35.0 Å². The Morgan fingerprint density at radius 1 is 1.41 bits per heavy atom. The number of fused-ring (bicyclic) bond motifs is 1. The van der Waals surface area contributed by atoms with Crippen LogP contribution >= 0.6 is 35.5 Å². The Kier molecular flexibility index (Phi) is 6.95. The molecule has 1 aromatic carbocycles. The first-order chi connectivity index (χ1) is 10.3. The number of halogens is 1. The minimum absolute atomic E-state index is 0. The van der Waals surface area contributed by atoms with E-state index in [0.29, 0.717) is 19.0 Å². The highest BCUT2D eigenvalue weighted by Crippen LogP contribution is 2.21. The maximum Gasteiger partial charge on any atom is 0.221 e. The molecule has 1 unspecified atom stereocenters. The van der Waals surface area contributed by atoms with Gasteiger partial charge in [0.05, 0.1) is 15.2 Å². The second-order valence-corrected chi connectivity index (χ2v) is 7.37. The summed E-state index contributed by atoms with van der Waals surface area (Å²) in [6.07, 6.45) is 1.38. The first-order valence-corrected chi connectivity index (χ1v) is 9.20. The molecule has 1 aromatic heterocycles. The van der Waals surface area contributed by atoms with E-state index >= 15 is 0 Å². The van der Waals surface area contributed by atoms with Crippen molar-refractivity contribution >= 4 is 51.6 Å². The number of benzene rings is 1. The topological polar surface area (TPSA) is 54.0 Å². The monoisotopic (exact) mass is 357 g/mol. The molecule has 7 heteroatoms. The number of nitrogens with one attached hydrogen (secondary N) is 2. The summed E-state index contributed by atoms with van der Waals surface area (Å²) in [6.45, 7) is 1.67. The molecular weight excluding hydrogens is 338 g/mol. The van der Waals surface area contributed by atoms with Crippen LogP contribution in [-0.4, -0.2) is 41.5 Å². The number of rotatable bonds is 5. The van der Waals surface area contributed by atoms with Crippen LogP contribution in [0.4, 0.5) is 0 Å². The lowest BCUT2D eigenvalue weighted by Crippen LogP contribution is -2.41. The molecule has 0 saturated carbocycles. The van der Waals surface area contributed by atoms with Gasteiger partial charge in [-0.05, 0) is 12.1 Å². The third kappa shape index (κ3) is 4.84. The number of amides is 1. The lowest BCUT2D eigenvalue weighted by Gasteiger charge is -2.22. The number of thioether (sulfide) groups is 1. The van der Waals surface area contributed by atoms with Gasteiger partial charge in [0.15, 0.2) is 0 Å². The number of carbonyl (C=O) groups excluding carboxylic acids is 1. The predicted molar refractivity (Wildman–Crippen MR) is 97.3 cm³/mol. The molecule has 1 amide bonds. The van der Waals surface area contributed by atoms with Gasteiger partial charge in [-0.1, -0.05) is 12.1 Å². The molecule has 3 rings (SSSR count). The largest absolute Gasteiger partial charge is 0.356 e. The van der Waals surface area contributed by atoms with Crippen LogP contribution in [0, 0.1) is 0 Å². The van der Waals surface area contributed by atoms with Gasteiger partial charge >= 0.3 is 0 Å². The van der Waals surface area contributed by atoms with E-state index in [2.05, 4.69) is 21.7 Å². The maximum absolute atomic E-state index is 11.9. The Morgan fingerprint density at radius 2 is 2.27 bits per heavy atom. The minimum atomic E-state index is 0. The van der Waals surface area contributed by atoms with Gasteiger partial charge in [0.25, 0.3) is 0 Å². The first kappa shape index (κ1) is 17.5. The maximum atomic E-state index is 11.9. The van der Waals surface area contributed by atoms with Crippen molar-refractivity contribution in [2.75, 3.05) is 24.6 Å². The van der Waals surface area contributed by atoms with Crippen molar-refractivity contribution in [1.29, 1.82) is 0 Å². The quantitative estimate of drug-likeness (QED) is 0.863. The number of thiazole rings is 1. The van der Waals surface area contributed by atoms with Crippen molar-refractivity contribution in [2.24, 2.45) is 0 Å². The summed E-state index contributed by atoms with van der Waals surface area (Å²) in [5.41, 5.74) is 1.05. The van der Waals surface area contributed by atoms with Crippen molar-refractivity contribution in [3.05, 3.63) is 29.3 Å². The van der Waals surface area contributed by atoms with Crippen LogP contribution < -0.4 is 10.6 Å². The number of hydrogen-bond acceptors (Lipinski definition) is 5. The molecule has 1 aliphatic heterocycles.